The maximum Gasteiger partial charge on any atom is 0.270 e. The zero-order valence-electron chi connectivity index (χ0n) is 22.2. The van der Waals surface area contributed by atoms with Crippen molar-refractivity contribution in [2.45, 2.75) is 29.7 Å². The molecule has 1 aliphatic carbocycles. The zero-order chi connectivity index (χ0) is 28.0. The van der Waals surface area contributed by atoms with Crippen LogP contribution in [0, 0.1) is 0 Å². The summed E-state index contributed by atoms with van der Waals surface area (Å²) in [6, 6.07) is 8.04. The lowest BCUT2D eigenvalue weighted by molar-refractivity contribution is 0.00491. The molecular weight excluding hydrogens is 540 g/mol. The maximum absolute atomic E-state index is 13.6. The summed E-state index contributed by atoms with van der Waals surface area (Å²) >= 11 is 0. The lowest BCUT2D eigenvalue weighted by atomic mass is 10.0. The van der Waals surface area contributed by atoms with Crippen molar-refractivity contribution in [3.63, 3.8) is 0 Å². The van der Waals surface area contributed by atoms with E-state index in [1.807, 2.05) is 13.1 Å². The molecule has 0 bridgehead atoms. The monoisotopic (exact) mass is 570 g/mol. The molecule has 2 aromatic carbocycles. The first-order valence-electron chi connectivity index (χ1n) is 12.8. The molecule has 1 aliphatic heterocycles. The smallest absolute Gasteiger partial charge is 0.270 e. The van der Waals surface area contributed by atoms with Crippen LogP contribution in [0.5, 0.6) is 17.2 Å². The van der Waals surface area contributed by atoms with Crippen LogP contribution in [0.4, 0.5) is 17.3 Å². The molecule has 1 atom stereocenters. The van der Waals surface area contributed by atoms with Crippen LogP contribution in [0.3, 0.4) is 0 Å². The second-order valence-corrected chi connectivity index (χ2v) is 11.6. The number of nitrogens with zero attached hydrogens (tertiary/aromatic N) is 3. The van der Waals surface area contributed by atoms with Crippen LogP contribution in [-0.2, 0) is 14.8 Å². The minimum absolute atomic E-state index is 0.0895. The molecule has 212 valence electrons. The van der Waals surface area contributed by atoms with Gasteiger partial charge >= 0.3 is 0 Å². The summed E-state index contributed by atoms with van der Waals surface area (Å²) in [4.78, 5) is 1.93. The van der Waals surface area contributed by atoms with Crippen molar-refractivity contribution >= 4 is 38.3 Å². The Labute approximate surface area is 230 Å². The van der Waals surface area contributed by atoms with E-state index in [-0.39, 0.29) is 45.0 Å². The van der Waals surface area contributed by atoms with Crippen LogP contribution < -0.4 is 19.5 Å². The fraction of sp³-hybridized carbons (Fsp3) is 0.385. The number of aromatic hydroxyl groups is 1. The molecule has 40 heavy (non-hydrogen) atoms. The van der Waals surface area contributed by atoms with Gasteiger partial charge in [0.05, 0.1) is 44.5 Å². The summed E-state index contributed by atoms with van der Waals surface area (Å²) in [7, 11) is 0.491. The molecule has 1 saturated carbocycles. The number of methoxy groups -OCH3 is 2. The number of ether oxygens (including phenoxy) is 3. The van der Waals surface area contributed by atoms with E-state index in [9.17, 15) is 13.5 Å². The number of morpholine rings is 1. The van der Waals surface area contributed by atoms with Crippen LogP contribution in [-0.4, -0.2) is 74.8 Å². The van der Waals surface area contributed by atoms with Gasteiger partial charge < -0.3 is 29.2 Å². The Morgan fingerprint density at radius 3 is 2.55 bits per heavy atom. The Morgan fingerprint density at radius 2 is 1.88 bits per heavy atom. The Hall–Kier alpha value is -4.01. The largest absolute Gasteiger partial charge is 0.506 e. The summed E-state index contributed by atoms with van der Waals surface area (Å²) < 4.78 is 51.8. The van der Waals surface area contributed by atoms with Crippen molar-refractivity contribution in [1.82, 2.24) is 20.3 Å². The van der Waals surface area contributed by atoms with Crippen molar-refractivity contribution in [1.29, 1.82) is 0 Å². The fourth-order valence-corrected chi connectivity index (χ4v) is 6.18. The highest BCUT2D eigenvalue weighted by Crippen LogP contribution is 2.42. The van der Waals surface area contributed by atoms with Crippen molar-refractivity contribution in [2.24, 2.45) is 0 Å². The number of phenols is 1. The summed E-state index contributed by atoms with van der Waals surface area (Å²) in [6.07, 6.45) is 2.26. The molecule has 2 aromatic heterocycles. The molecule has 1 saturated heterocycles. The first-order valence-corrected chi connectivity index (χ1v) is 14.3. The lowest BCUT2D eigenvalue weighted by Gasteiger charge is -2.33. The average Bonchev–Trinajstić information content (AvgIpc) is 3.58. The third-order valence-corrected chi connectivity index (χ3v) is 8.63. The van der Waals surface area contributed by atoms with Crippen LogP contribution >= 0.6 is 0 Å². The van der Waals surface area contributed by atoms with Gasteiger partial charge in [-0.25, -0.2) is 8.42 Å². The first kappa shape index (κ1) is 26.2. The second kappa shape index (κ2) is 10.2. The quantitative estimate of drug-likeness (QED) is 0.217. The van der Waals surface area contributed by atoms with Crippen LogP contribution in [0.2, 0.25) is 0 Å². The van der Waals surface area contributed by atoms with Gasteiger partial charge in [-0.2, -0.15) is 5.10 Å². The molecule has 4 N–H and O–H groups in total. The molecule has 3 heterocycles. The molecule has 6 rings (SSSR count). The van der Waals surface area contributed by atoms with Gasteiger partial charge in [-0.05, 0) is 43.7 Å². The average molecular weight is 571 g/mol. The number of aromatic amines is 1. The minimum Gasteiger partial charge on any atom is -0.506 e. The molecule has 13 nitrogen and oxygen atoms in total. The molecule has 2 fully saturated rings. The van der Waals surface area contributed by atoms with E-state index in [2.05, 4.69) is 30.3 Å². The highest BCUT2D eigenvalue weighted by molar-refractivity contribution is 7.93. The van der Waals surface area contributed by atoms with Gasteiger partial charge in [0, 0.05) is 30.3 Å². The number of hydrogen-bond donors (Lipinski definition) is 4. The molecule has 0 amide bonds. The maximum atomic E-state index is 13.6. The molecule has 0 radical (unpaired) electrons. The number of likely N-dealkylation sites (N-methyl/N-ethyl adjacent to an activating group) is 1. The van der Waals surface area contributed by atoms with Crippen molar-refractivity contribution in [2.75, 3.05) is 51.1 Å². The van der Waals surface area contributed by atoms with E-state index in [1.165, 1.54) is 26.4 Å². The van der Waals surface area contributed by atoms with Crippen molar-refractivity contribution in [3.05, 3.63) is 41.6 Å². The summed E-state index contributed by atoms with van der Waals surface area (Å²) in [5, 5.41) is 25.2. The Bertz CT molecular complexity index is 1640. The molecular formula is C26H30N6O7S. The topological polar surface area (TPSA) is 164 Å². The van der Waals surface area contributed by atoms with Gasteiger partial charge in [0.1, 0.15) is 17.2 Å². The van der Waals surface area contributed by atoms with Gasteiger partial charge in [-0.15, -0.1) is 0 Å². The van der Waals surface area contributed by atoms with E-state index < -0.39 is 10.0 Å². The number of phenolic OH excluding ortho intramolecular Hbond substituents is 1. The van der Waals surface area contributed by atoms with Gasteiger partial charge in [-0.1, -0.05) is 5.16 Å². The Balaban J connectivity index is 1.30. The third kappa shape index (κ3) is 4.89. The summed E-state index contributed by atoms with van der Waals surface area (Å²) in [5.74, 6) is 1.03. The number of hydrogen-bond acceptors (Lipinski definition) is 11. The minimum atomic E-state index is -4.27. The standard InChI is InChI=1S/C26H30N6O7S/c1-32-6-7-38-13-19(32)15-8-22(36-2)25(23(9-15)37-3)40(34,35)31-26-16-10-20(33)18(11-21(16)39-30-26)27-24-12-17(28-29-24)14-4-5-14/h8-12,14,19,33H,4-7,13H2,1-3H3,(H,30,31)(H2,27,28,29)/t19-/m1/s1. The van der Waals surface area contributed by atoms with E-state index >= 15 is 0 Å². The first-order chi connectivity index (χ1) is 19.3. The van der Waals surface area contributed by atoms with Gasteiger partial charge in [0.25, 0.3) is 10.0 Å². The number of rotatable bonds is 9. The summed E-state index contributed by atoms with van der Waals surface area (Å²) in [5.41, 5.74) is 2.43. The Kier molecular flexibility index (Phi) is 6.68. The number of H-pyrrole nitrogens is 1. The second-order valence-electron chi connectivity index (χ2n) is 9.94. The van der Waals surface area contributed by atoms with Crippen molar-refractivity contribution in [3.8, 4) is 17.2 Å². The Morgan fingerprint density at radius 1 is 1.12 bits per heavy atom. The van der Waals surface area contributed by atoms with Crippen LogP contribution in [0.1, 0.15) is 36.1 Å². The van der Waals surface area contributed by atoms with E-state index in [4.69, 9.17) is 18.7 Å². The summed E-state index contributed by atoms with van der Waals surface area (Å²) in [6.45, 7) is 1.82. The van der Waals surface area contributed by atoms with Crippen molar-refractivity contribution < 1.29 is 32.3 Å². The molecule has 0 unspecified atom stereocenters. The number of sulfonamides is 1. The van der Waals surface area contributed by atoms with Crippen LogP contribution in [0.15, 0.2) is 39.8 Å². The van der Waals surface area contributed by atoms with Gasteiger partial charge in [0.2, 0.25) is 0 Å². The van der Waals surface area contributed by atoms with Gasteiger partial charge in [0.15, 0.2) is 22.1 Å². The predicted octanol–water partition coefficient (Wildman–Crippen LogP) is 3.70. The number of nitrogens with one attached hydrogen (secondary N) is 3. The zero-order valence-corrected chi connectivity index (χ0v) is 23.0. The molecule has 4 aromatic rings. The van der Waals surface area contributed by atoms with E-state index in [0.717, 1.165) is 30.6 Å². The normalized spacial score (nSPS) is 18.1. The number of anilines is 3. The number of aromatic nitrogens is 3. The van der Waals surface area contributed by atoms with E-state index in [0.29, 0.717) is 30.6 Å². The number of fused-ring (bicyclic) bond motifs is 1. The molecule has 14 heteroatoms. The molecule has 2 aliphatic rings. The SMILES string of the molecule is COc1cc([C@H]2COCCN2C)cc(OC)c1S(=O)(=O)Nc1noc2cc(Nc3cc(C4CC4)[nH]n3)c(O)cc12. The third-order valence-electron chi connectivity index (χ3n) is 7.23. The lowest BCUT2D eigenvalue weighted by Crippen LogP contribution is -2.36. The highest BCUT2D eigenvalue weighted by Gasteiger charge is 2.31. The van der Waals surface area contributed by atoms with Crippen LogP contribution in [0.25, 0.3) is 11.0 Å². The predicted molar refractivity (Wildman–Crippen MR) is 146 cm³/mol. The van der Waals surface area contributed by atoms with E-state index in [1.54, 1.807) is 12.1 Å². The number of benzene rings is 2. The van der Waals surface area contributed by atoms with Gasteiger partial charge in [-0.3, -0.25) is 14.7 Å². The highest BCUT2D eigenvalue weighted by atomic mass is 32.2. The fourth-order valence-electron chi connectivity index (χ4n) is 4.86. The molecule has 0 spiro atoms.